The van der Waals surface area contributed by atoms with E-state index in [0.717, 1.165) is 19.4 Å². The van der Waals surface area contributed by atoms with Gasteiger partial charge in [-0.15, -0.1) is 0 Å². The van der Waals surface area contributed by atoms with E-state index >= 15 is 0 Å². The van der Waals surface area contributed by atoms with Gasteiger partial charge in [0.25, 0.3) is 0 Å². The summed E-state index contributed by atoms with van der Waals surface area (Å²) in [7, 11) is -3.45. The van der Waals surface area contributed by atoms with Crippen LogP contribution in [-0.4, -0.2) is 44.5 Å². The SMILES string of the molecule is O=C(O)CCS(=O)(=O)NCCC1CCCO1. The molecule has 0 aliphatic carbocycles. The predicted octanol–water partition coefficient (Wildman–Crippen LogP) is -0.0504. The lowest BCUT2D eigenvalue weighted by Gasteiger charge is -2.09. The van der Waals surface area contributed by atoms with E-state index < -0.39 is 16.0 Å². The lowest BCUT2D eigenvalue weighted by atomic mass is 10.2. The third kappa shape index (κ3) is 5.43. The van der Waals surface area contributed by atoms with E-state index in [9.17, 15) is 13.2 Å². The first-order valence-electron chi connectivity index (χ1n) is 5.30. The highest BCUT2D eigenvalue weighted by Gasteiger charge is 2.17. The number of nitrogens with one attached hydrogen (secondary N) is 1. The maximum Gasteiger partial charge on any atom is 0.304 e. The first kappa shape index (κ1) is 13.4. The van der Waals surface area contributed by atoms with Crippen LogP contribution in [0.15, 0.2) is 0 Å². The van der Waals surface area contributed by atoms with Crippen molar-refractivity contribution in [2.75, 3.05) is 18.9 Å². The van der Waals surface area contributed by atoms with Gasteiger partial charge in [0.15, 0.2) is 0 Å². The Bertz CT molecular complexity index is 321. The van der Waals surface area contributed by atoms with Gasteiger partial charge in [0.05, 0.1) is 18.3 Å². The Labute approximate surface area is 95.0 Å². The van der Waals surface area contributed by atoms with Gasteiger partial charge in [-0.05, 0) is 19.3 Å². The number of rotatable bonds is 7. The number of hydrogen-bond donors (Lipinski definition) is 2. The second kappa shape index (κ2) is 6.17. The molecule has 1 fully saturated rings. The van der Waals surface area contributed by atoms with Crippen molar-refractivity contribution in [2.45, 2.75) is 31.8 Å². The summed E-state index contributed by atoms with van der Waals surface area (Å²) in [5, 5.41) is 8.36. The van der Waals surface area contributed by atoms with Gasteiger partial charge in [0, 0.05) is 13.2 Å². The number of aliphatic carboxylic acids is 1. The van der Waals surface area contributed by atoms with Crippen LogP contribution < -0.4 is 4.72 Å². The van der Waals surface area contributed by atoms with Gasteiger partial charge in [-0.3, -0.25) is 4.79 Å². The van der Waals surface area contributed by atoms with Gasteiger partial charge in [-0.2, -0.15) is 0 Å². The normalized spacial score (nSPS) is 21.1. The van der Waals surface area contributed by atoms with Crippen LogP contribution in [0.2, 0.25) is 0 Å². The standard InChI is InChI=1S/C9H17NO5S/c11-9(12)4-7-16(13,14)10-5-3-8-2-1-6-15-8/h8,10H,1-7H2,(H,11,12). The molecule has 0 aromatic carbocycles. The number of carbonyl (C=O) groups is 1. The van der Waals surface area contributed by atoms with Crippen LogP contribution in [0.3, 0.4) is 0 Å². The minimum atomic E-state index is -3.45. The van der Waals surface area contributed by atoms with Crippen LogP contribution in [0, 0.1) is 0 Å². The zero-order valence-corrected chi connectivity index (χ0v) is 9.83. The van der Waals surface area contributed by atoms with Crippen LogP contribution in [0.25, 0.3) is 0 Å². The Morgan fingerprint density at radius 3 is 2.81 bits per heavy atom. The summed E-state index contributed by atoms with van der Waals surface area (Å²) in [6, 6.07) is 0. The molecule has 7 heteroatoms. The van der Waals surface area contributed by atoms with Crippen molar-refractivity contribution >= 4 is 16.0 Å². The molecule has 6 nitrogen and oxygen atoms in total. The molecule has 1 saturated heterocycles. The summed E-state index contributed by atoms with van der Waals surface area (Å²) in [5.74, 6) is -1.47. The van der Waals surface area contributed by atoms with Gasteiger partial charge in [-0.25, -0.2) is 13.1 Å². The van der Waals surface area contributed by atoms with E-state index in [0.29, 0.717) is 13.0 Å². The fraction of sp³-hybridized carbons (Fsp3) is 0.889. The molecule has 0 bridgehead atoms. The fourth-order valence-corrected chi connectivity index (χ4v) is 2.56. The molecule has 94 valence electrons. The van der Waals surface area contributed by atoms with Crippen LogP contribution in [-0.2, 0) is 19.6 Å². The molecule has 1 rings (SSSR count). The van der Waals surface area contributed by atoms with Gasteiger partial charge in [-0.1, -0.05) is 0 Å². The van der Waals surface area contributed by atoms with E-state index in [-0.39, 0.29) is 18.3 Å². The van der Waals surface area contributed by atoms with Gasteiger partial charge in [0.1, 0.15) is 0 Å². The number of hydrogen-bond acceptors (Lipinski definition) is 4. The van der Waals surface area contributed by atoms with Gasteiger partial charge < -0.3 is 9.84 Å². The van der Waals surface area contributed by atoms with E-state index in [1.807, 2.05) is 0 Å². The van der Waals surface area contributed by atoms with Gasteiger partial charge in [0.2, 0.25) is 10.0 Å². The smallest absolute Gasteiger partial charge is 0.304 e. The lowest BCUT2D eigenvalue weighted by Crippen LogP contribution is -2.30. The zero-order valence-electron chi connectivity index (χ0n) is 9.02. The molecular weight excluding hydrogens is 234 g/mol. The summed E-state index contributed by atoms with van der Waals surface area (Å²) < 4.78 is 30.3. The van der Waals surface area contributed by atoms with Crippen molar-refractivity contribution in [2.24, 2.45) is 0 Å². The van der Waals surface area contributed by atoms with Crippen molar-refractivity contribution in [1.82, 2.24) is 4.72 Å². The summed E-state index contributed by atoms with van der Waals surface area (Å²) in [6.45, 7) is 1.06. The molecule has 0 spiro atoms. The van der Waals surface area contributed by atoms with E-state index in [4.69, 9.17) is 9.84 Å². The first-order valence-corrected chi connectivity index (χ1v) is 6.95. The molecule has 16 heavy (non-hydrogen) atoms. The van der Waals surface area contributed by atoms with Crippen LogP contribution in [0.5, 0.6) is 0 Å². The average molecular weight is 251 g/mol. The van der Waals surface area contributed by atoms with Crippen LogP contribution >= 0.6 is 0 Å². The Hall–Kier alpha value is -0.660. The molecule has 2 N–H and O–H groups in total. The summed E-state index contributed by atoms with van der Waals surface area (Å²) in [5.41, 5.74) is 0. The second-order valence-corrected chi connectivity index (χ2v) is 5.71. The fourth-order valence-electron chi connectivity index (χ4n) is 1.54. The third-order valence-electron chi connectivity index (χ3n) is 2.40. The largest absolute Gasteiger partial charge is 0.481 e. The molecule has 1 heterocycles. The molecule has 0 amide bonds. The van der Waals surface area contributed by atoms with E-state index in [2.05, 4.69) is 4.72 Å². The van der Waals surface area contributed by atoms with Crippen LogP contribution in [0.1, 0.15) is 25.7 Å². The number of sulfonamides is 1. The molecule has 0 aromatic heterocycles. The number of carboxylic acids is 1. The quantitative estimate of drug-likeness (QED) is 0.661. The highest BCUT2D eigenvalue weighted by molar-refractivity contribution is 7.89. The Balaban J connectivity index is 2.17. The maximum absolute atomic E-state index is 11.3. The first-order chi connectivity index (χ1) is 7.49. The topological polar surface area (TPSA) is 92.7 Å². The number of ether oxygens (including phenoxy) is 1. The number of carboxylic acid groups (broad SMARTS) is 1. The van der Waals surface area contributed by atoms with Crippen molar-refractivity contribution in [1.29, 1.82) is 0 Å². The summed E-state index contributed by atoms with van der Waals surface area (Å²) in [6.07, 6.45) is 2.41. The van der Waals surface area contributed by atoms with Crippen molar-refractivity contribution in [3.05, 3.63) is 0 Å². The molecule has 0 saturated carbocycles. The average Bonchev–Trinajstić information content (AvgIpc) is 2.68. The summed E-state index contributed by atoms with van der Waals surface area (Å²) in [4.78, 5) is 10.2. The monoisotopic (exact) mass is 251 g/mol. The highest BCUT2D eigenvalue weighted by atomic mass is 32.2. The molecule has 0 radical (unpaired) electrons. The zero-order chi connectivity index (χ0) is 12.0. The molecule has 0 aromatic rings. The molecular formula is C9H17NO5S. The van der Waals surface area contributed by atoms with Crippen LogP contribution in [0.4, 0.5) is 0 Å². The molecule has 1 aliphatic rings. The van der Waals surface area contributed by atoms with Crippen molar-refractivity contribution in [3.8, 4) is 0 Å². The van der Waals surface area contributed by atoms with Crippen molar-refractivity contribution in [3.63, 3.8) is 0 Å². The van der Waals surface area contributed by atoms with E-state index in [1.165, 1.54) is 0 Å². The lowest BCUT2D eigenvalue weighted by molar-refractivity contribution is -0.136. The Morgan fingerprint density at radius 1 is 1.50 bits per heavy atom. The Morgan fingerprint density at radius 2 is 2.25 bits per heavy atom. The minimum absolute atomic E-state index is 0.141. The minimum Gasteiger partial charge on any atom is -0.481 e. The highest BCUT2D eigenvalue weighted by Crippen LogP contribution is 2.14. The molecule has 1 aliphatic heterocycles. The maximum atomic E-state index is 11.3. The third-order valence-corrected chi connectivity index (χ3v) is 3.78. The molecule has 1 unspecified atom stereocenters. The molecule has 1 atom stereocenters. The summed E-state index contributed by atoms with van der Waals surface area (Å²) >= 11 is 0. The van der Waals surface area contributed by atoms with E-state index in [1.54, 1.807) is 0 Å². The Kier molecular flexibility index (Phi) is 5.17. The second-order valence-electron chi connectivity index (χ2n) is 3.78. The van der Waals surface area contributed by atoms with Gasteiger partial charge >= 0.3 is 5.97 Å². The van der Waals surface area contributed by atoms with Crippen molar-refractivity contribution < 1.29 is 23.1 Å². The predicted molar refractivity (Wildman–Crippen MR) is 57.6 cm³/mol.